The van der Waals surface area contributed by atoms with E-state index < -0.39 is 0 Å². The van der Waals surface area contributed by atoms with Gasteiger partial charge in [0, 0.05) is 24.7 Å². The summed E-state index contributed by atoms with van der Waals surface area (Å²) in [7, 11) is 2.20. The van der Waals surface area contributed by atoms with Crippen LogP contribution in [-0.4, -0.2) is 61.5 Å². The topological polar surface area (TPSA) is 44.7 Å². The van der Waals surface area contributed by atoms with Gasteiger partial charge in [0.2, 0.25) is 0 Å². The van der Waals surface area contributed by atoms with E-state index in [4.69, 9.17) is 4.74 Å². The predicted octanol–water partition coefficient (Wildman–Crippen LogP) is 1.87. The van der Waals surface area contributed by atoms with Gasteiger partial charge in [-0.2, -0.15) is 0 Å². The summed E-state index contributed by atoms with van der Waals surface area (Å²) >= 11 is 0. The van der Waals surface area contributed by atoms with Crippen LogP contribution in [0.25, 0.3) is 0 Å². The van der Waals surface area contributed by atoms with Gasteiger partial charge in [-0.25, -0.2) is 0 Å². The van der Waals surface area contributed by atoms with Crippen molar-refractivity contribution in [2.45, 2.75) is 58.0 Å². The summed E-state index contributed by atoms with van der Waals surface area (Å²) in [6, 6.07) is 0.407. The molecule has 1 fully saturated rings. The summed E-state index contributed by atoms with van der Waals surface area (Å²) in [6.45, 7) is 10.7. The molecule has 2 atom stereocenters. The van der Waals surface area contributed by atoms with E-state index in [0.717, 1.165) is 39.1 Å². The summed E-state index contributed by atoms with van der Waals surface area (Å²) in [4.78, 5) is 2.41. The van der Waals surface area contributed by atoms with Crippen molar-refractivity contribution in [3.63, 3.8) is 0 Å². The third kappa shape index (κ3) is 7.02. The van der Waals surface area contributed by atoms with Gasteiger partial charge < -0.3 is 20.1 Å². The molecule has 1 rings (SSSR count). The van der Waals surface area contributed by atoms with Crippen LogP contribution >= 0.6 is 0 Å². The molecular formula is C16H34N2O2. The maximum absolute atomic E-state index is 9.57. The second kappa shape index (κ2) is 8.98. The third-order valence-corrected chi connectivity index (χ3v) is 4.08. The molecule has 2 N–H and O–H groups in total. The van der Waals surface area contributed by atoms with Gasteiger partial charge in [0.25, 0.3) is 0 Å². The smallest absolute Gasteiger partial charge is 0.0610 e. The SMILES string of the molecule is CC(C)NC(C)(CO)CCCN(C)CC1CCCOC1. The first-order valence-corrected chi connectivity index (χ1v) is 8.10. The second-order valence-electron chi connectivity index (χ2n) is 6.97. The van der Waals surface area contributed by atoms with Crippen molar-refractivity contribution in [2.24, 2.45) is 5.92 Å². The number of hydrogen-bond donors (Lipinski definition) is 2. The molecule has 0 amide bonds. The summed E-state index contributed by atoms with van der Waals surface area (Å²) < 4.78 is 5.53. The van der Waals surface area contributed by atoms with Gasteiger partial charge in [-0.3, -0.25) is 0 Å². The van der Waals surface area contributed by atoms with E-state index in [1.165, 1.54) is 12.8 Å². The lowest BCUT2D eigenvalue weighted by Crippen LogP contribution is -2.49. The number of aliphatic hydroxyl groups excluding tert-OH is 1. The number of nitrogens with zero attached hydrogens (tertiary/aromatic N) is 1. The van der Waals surface area contributed by atoms with Crippen molar-refractivity contribution in [3.05, 3.63) is 0 Å². The average Bonchev–Trinajstić information content (AvgIpc) is 2.39. The summed E-state index contributed by atoms with van der Waals surface area (Å²) in [6.07, 6.45) is 4.63. The highest BCUT2D eigenvalue weighted by Gasteiger charge is 2.23. The Bertz CT molecular complexity index is 255. The standard InChI is InChI=1S/C16H34N2O2/c1-14(2)17-16(3,13-19)8-6-9-18(4)11-15-7-5-10-20-12-15/h14-15,17,19H,5-13H2,1-4H3. The molecule has 0 saturated carbocycles. The largest absolute Gasteiger partial charge is 0.394 e. The Balaban J connectivity index is 2.20. The van der Waals surface area contributed by atoms with Crippen molar-refractivity contribution in [1.82, 2.24) is 10.2 Å². The molecular weight excluding hydrogens is 252 g/mol. The highest BCUT2D eigenvalue weighted by molar-refractivity contribution is 4.84. The van der Waals surface area contributed by atoms with E-state index in [1.807, 2.05) is 0 Å². The van der Waals surface area contributed by atoms with Gasteiger partial charge in [-0.15, -0.1) is 0 Å². The fraction of sp³-hybridized carbons (Fsp3) is 1.00. The van der Waals surface area contributed by atoms with Crippen LogP contribution in [0.4, 0.5) is 0 Å². The van der Waals surface area contributed by atoms with Crippen LogP contribution in [0.1, 0.15) is 46.5 Å². The van der Waals surface area contributed by atoms with E-state index in [0.29, 0.717) is 12.0 Å². The van der Waals surface area contributed by atoms with Crippen molar-refractivity contribution in [1.29, 1.82) is 0 Å². The number of hydrogen-bond acceptors (Lipinski definition) is 4. The fourth-order valence-electron chi connectivity index (χ4n) is 3.12. The molecule has 0 aliphatic carbocycles. The van der Waals surface area contributed by atoms with Gasteiger partial charge in [0.15, 0.2) is 0 Å². The van der Waals surface area contributed by atoms with Gasteiger partial charge in [-0.05, 0) is 52.1 Å². The molecule has 0 aromatic carbocycles. The maximum atomic E-state index is 9.57. The Labute approximate surface area is 124 Å². The first-order chi connectivity index (χ1) is 9.45. The van der Waals surface area contributed by atoms with Crippen LogP contribution in [0.5, 0.6) is 0 Å². The molecule has 120 valence electrons. The average molecular weight is 286 g/mol. The van der Waals surface area contributed by atoms with Crippen LogP contribution in [0.15, 0.2) is 0 Å². The molecule has 0 spiro atoms. The Morgan fingerprint density at radius 3 is 2.75 bits per heavy atom. The molecule has 20 heavy (non-hydrogen) atoms. The zero-order chi connectivity index (χ0) is 15.0. The normalized spacial score (nSPS) is 23.2. The Morgan fingerprint density at radius 2 is 2.20 bits per heavy atom. The van der Waals surface area contributed by atoms with Crippen molar-refractivity contribution < 1.29 is 9.84 Å². The monoisotopic (exact) mass is 286 g/mol. The molecule has 4 heteroatoms. The lowest BCUT2D eigenvalue weighted by atomic mass is 9.95. The van der Waals surface area contributed by atoms with Crippen molar-refractivity contribution in [2.75, 3.05) is 40.0 Å². The molecule has 0 aromatic rings. The Morgan fingerprint density at radius 1 is 1.45 bits per heavy atom. The molecule has 0 bridgehead atoms. The van der Waals surface area contributed by atoms with Crippen LogP contribution in [0.3, 0.4) is 0 Å². The van der Waals surface area contributed by atoms with Crippen molar-refractivity contribution >= 4 is 0 Å². The molecule has 1 aliphatic rings. The van der Waals surface area contributed by atoms with Gasteiger partial charge in [0.1, 0.15) is 0 Å². The van der Waals surface area contributed by atoms with Crippen LogP contribution in [0, 0.1) is 5.92 Å². The first kappa shape index (κ1) is 17.9. The minimum absolute atomic E-state index is 0.150. The van der Waals surface area contributed by atoms with E-state index in [1.54, 1.807) is 0 Å². The second-order valence-corrected chi connectivity index (χ2v) is 6.97. The molecule has 2 unspecified atom stereocenters. The number of nitrogens with one attached hydrogen (secondary N) is 1. The lowest BCUT2D eigenvalue weighted by molar-refractivity contribution is 0.0414. The van der Waals surface area contributed by atoms with E-state index in [9.17, 15) is 5.11 Å². The molecule has 1 heterocycles. The van der Waals surface area contributed by atoms with E-state index >= 15 is 0 Å². The first-order valence-electron chi connectivity index (χ1n) is 8.10. The lowest BCUT2D eigenvalue weighted by Gasteiger charge is -2.32. The van der Waals surface area contributed by atoms with E-state index in [2.05, 4.69) is 38.0 Å². The number of ether oxygens (including phenoxy) is 1. The van der Waals surface area contributed by atoms with Crippen molar-refractivity contribution in [3.8, 4) is 0 Å². The highest BCUT2D eigenvalue weighted by atomic mass is 16.5. The van der Waals surface area contributed by atoms with Gasteiger partial charge >= 0.3 is 0 Å². The summed E-state index contributed by atoms with van der Waals surface area (Å²) in [5, 5.41) is 13.0. The van der Waals surface area contributed by atoms with E-state index in [-0.39, 0.29) is 12.1 Å². The minimum Gasteiger partial charge on any atom is -0.394 e. The quantitative estimate of drug-likeness (QED) is 0.679. The summed E-state index contributed by atoms with van der Waals surface area (Å²) in [5.41, 5.74) is -0.150. The van der Waals surface area contributed by atoms with Gasteiger partial charge in [-0.1, -0.05) is 13.8 Å². The maximum Gasteiger partial charge on any atom is 0.0610 e. The highest BCUT2D eigenvalue weighted by Crippen LogP contribution is 2.16. The molecule has 0 radical (unpaired) electrons. The molecule has 4 nitrogen and oxygen atoms in total. The Kier molecular flexibility index (Phi) is 8.03. The van der Waals surface area contributed by atoms with Crippen LogP contribution in [-0.2, 0) is 4.74 Å². The fourth-order valence-corrected chi connectivity index (χ4v) is 3.12. The number of rotatable bonds is 9. The third-order valence-electron chi connectivity index (χ3n) is 4.08. The zero-order valence-electron chi connectivity index (χ0n) is 13.8. The van der Waals surface area contributed by atoms with Crippen LogP contribution in [0.2, 0.25) is 0 Å². The molecule has 1 aliphatic heterocycles. The van der Waals surface area contributed by atoms with Gasteiger partial charge in [0.05, 0.1) is 13.2 Å². The number of aliphatic hydroxyl groups is 1. The molecule has 1 saturated heterocycles. The Hall–Kier alpha value is -0.160. The zero-order valence-corrected chi connectivity index (χ0v) is 13.8. The van der Waals surface area contributed by atoms with Crippen LogP contribution < -0.4 is 5.32 Å². The minimum atomic E-state index is -0.150. The predicted molar refractivity (Wildman–Crippen MR) is 84.0 cm³/mol. The summed E-state index contributed by atoms with van der Waals surface area (Å²) in [5.74, 6) is 0.701. The molecule has 0 aromatic heterocycles.